The molecule has 1 N–H and O–H groups in total. The Morgan fingerprint density at radius 3 is 2.86 bits per heavy atom. The number of nitrogens with zero attached hydrogens (tertiary/aromatic N) is 2. The number of aromatic nitrogens is 2. The minimum absolute atomic E-state index is 0.132. The van der Waals surface area contributed by atoms with E-state index in [0.29, 0.717) is 5.28 Å². The average Bonchev–Trinajstić information content (AvgIpc) is 2.75. The average molecular weight is 300 g/mol. The smallest absolute Gasteiger partial charge is 0.244 e. The number of fused-ring (bicyclic) bond motifs is 1. The van der Waals surface area contributed by atoms with Crippen LogP contribution in [-0.2, 0) is 11.3 Å². The van der Waals surface area contributed by atoms with Gasteiger partial charge in [0, 0.05) is 5.69 Å². The third-order valence-corrected chi connectivity index (χ3v) is 3.50. The SMILES string of the molecule is Cc1cccc(NC(=O)Cn2c(Cl)nc3ccccc32)c1. The molecule has 3 aromatic rings. The van der Waals surface area contributed by atoms with Gasteiger partial charge >= 0.3 is 0 Å². The van der Waals surface area contributed by atoms with E-state index in [0.717, 1.165) is 22.3 Å². The number of anilines is 1. The van der Waals surface area contributed by atoms with E-state index in [9.17, 15) is 4.79 Å². The van der Waals surface area contributed by atoms with Crippen LogP contribution in [-0.4, -0.2) is 15.5 Å². The van der Waals surface area contributed by atoms with E-state index < -0.39 is 0 Å². The third kappa shape index (κ3) is 2.90. The first-order valence-corrected chi connectivity index (χ1v) is 6.98. The molecule has 0 aliphatic carbocycles. The standard InChI is InChI=1S/C16H14ClN3O/c1-11-5-4-6-12(9-11)18-15(21)10-20-14-8-3-2-7-13(14)19-16(20)17/h2-9H,10H2,1H3,(H,18,21). The predicted octanol–water partition coefficient (Wildman–Crippen LogP) is 3.64. The molecular formula is C16H14ClN3O. The highest BCUT2D eigenvalue weighted by molar-refractivity contribution is 6.29. The number of benzene rings is 2. The van der Waals surface area contributed by atoms with E-state index in [1.807, 2.05) is 55.5 Å². The van der Waals surface area contributed by atoms with Gasteiger partial charge in [-0.05, 0) is 48.4 Å². The third-order valence-electron chi connectivity index (χ3n) is 3.21. The van der Waals surface area contributed by atoms with Crippen molar-refractivity contribution in [2.75, 3.05) is 5.32 Å². The van der Waals surface area contributed by atoms with Gasteiger partial charge in [-0.15, -0.1) is 0 Å². The molecule has 0 saturated heterocycles. The van der Waals surface area contributed by atoms with Gasteiger partial charge in [-0.25, -0.2) is 4.98 Å². The number of carbonyl (C=O) groups is 1. The zero-order chi connectivity index (χ0) is 14.8. The van der Waals surface area contributed by atoms with Crippen LogP contribution in [0.4, 0.5) is 5.69 Å². The van der Waals surface area contributed by atoms with E-state index in [-0.39, 0.29) is 12.5 Å². The zero-order valence-corrected chi connectivity index (χ0v) is 12.3. The van der Waals surface area contributed by atoms with Gasteiger partial charge in [0.15, 0.2) is 0 Å². The maximum atomic E-state index is 12.2. The van der Waals surface area contributed by atoms with Crippen LogP contribution in [0.25, 0.3) is 11.0 Å². The summed E-state index contributed by atoms with van der Waals surface area (Å²) in [6.07, 6.45) is 0. The summed E-state index contributed by atoms with van der Waals surface area (Å²) < 4.78 is 1.70. The van der Waals surface area contributed by atoms with Gasteiger partial charge in [0.2, 0.25) is 11.2 Å². The van der Waals surface area contributed by atoms with Gasteiger partial charge in [0.25, 0.3) is 0 Å². The molecule has 0 bridgehead atoms. The quantitative estimate of drug-likeness (QED) is 0.802. The number of para-hydroxylation sites is 2. The van der Waals surface area contributed by atoms with Crippen LogP contribution in [0.5, 0.6) is 0 Å². The summed E-state index contributed by atoms with van der Waals surface area (Å²) in [6.45, 7) is 2.11. The molecule has 0 aliphatic rings. The summed E-state index contributed by atoms with van der Waals surface area (Å²) in [5.74, 6) is -0.134. The summed E-state index contributed by atoms with van der Waals surface area (Å²) in [5, 5.41) is 3.18. The highest BCUT2D eigenvalue weighted by atomic mass is 35.5. The van der Waals surface area contributed by atoms with E-state index in [1.54, 1.807) is 4.57 Å². The molecule has 1 aromatic heterocycles. The Bertz CT molecular complexity index is 810. The van der Waals surface area contributed by atoms with Crippen LogP contribution in [0.2, 0.25) is 5.28 Å². The Morgan fingerprint density at radius 1 is 1.24 bits per heavy atom. The molecular weight excluding hydrogens is 286 g/mol. The van der Waals surface area contributed by atoms with Gasteiger partial charge in [0.1, 0.15) is 6.54 Å². The molecule has 0 spiro atoms. The van der Waals surface area contributed by atoms with Crippen LogP contribution in [0.1, 0.15) is 5.56 Å². The molecule has 0 atom stereocenters. The number of hydrogen-bond donors (Lipinski definition) is 1. The Balaban J connectivity index is 1.82. The molecule has 0 saturated carbocycles. The summed E-state index contributed by atoms with van der Waals surface area (Å²) in [6, 6.07) is 15.2. The predicted molar refractivity (Wildman–Crippen MR) is 84.6 cm³/mol. The normalized spacial score (nSPS) is 10.8. The van der Waals surface area contributed by atoms with E-state index in [4.69, 9.17) is 11.6 Å². The molecule has 106 valence electrons. The van der Waals surface area contributed by atoms with Crippen molar-refractivity contribution >= 4 is 34.2 Å². The fourth-order valence-corrected chi connectivity index (χ4v) is 2.51. The lowest BCUT2D eigenvalue weighted by atomic mass is 10.2. The Kier molecular flexibility index (Phi) is 3.62. The van der Waals surface area contributed by atoms with Gasteiger partial charge in [0.05, 0.1) is 11.0 Å². The second-order valence-corrected chi connectivity index (χ2v) is 5.21. The van der Waals surface area contributed by atoms with E-state index in [2.05, 4.69) is 10.3 Å². The van der Waals surface area contributed by atoms with Crippen molar-refractivity contribution in [1.82, 2.24) is 9.55 Å². The Morgan fingerprint density at radius 2 is 2.05 bits per heavy atom. The number of halogens is 1. The summed E-state index contributed by atoms with van der Waals surface area (Å²) in [7, 11) is 0. The minimum atomic E-state index is -0.134. The van der Waals surface area contributed by atoms with Crippen molar-refractivity contribution < 1.29 is 4.79 Å². The topological polar surface area (TPSA) is 46.9 Å². The molecule has 0 fully saturated rings. The van der Waals surface area contributed by atoms with Crippen molar-refractivity contribution in [3.63, 3.8) is 0 Å². The summed E-state index contributed by atoms with van der Waals surface area (Å²) in [5.41, 5.74) is 3.51. The lowest BCUT2D eigenvalue weighted by Crippen LogP contribution is -2.18. The lowest BCUT2D eigenvalue weighted by Gasteiger charge is -2.08. The molecule has 5 heteroatoms. The second-order valence-electron chi connectivity index (χ2n) is 4.87. The van der Waals surface area contributed by atoms with Crippen molar-refractivity contribution in [2.45, 2.75) is 13.5 Å². The van der Waals surface area contributed by atoms with Gasteiger partial charge < -0.3 is 9.88 Å². The second kappa shape index (κ2) is 5.58. The number of carbonyl (C=O) groups excluding carboxylic acids is 1. The largest absolute Gasteiger partial charge is 0.325 e. The number of nitrogens with one attached hydrogen (secondary N) is 1. The maximum absolute atomic E-state index is 12.2. The first kappa shape index (κ1) is 13.6. The number of imidazole rings is 1. The number of rotatable bonds is 3. The lowest BCUT2D eigenvalue weighted by molar-refractivity contribution is -0.116. The maximum Gasteiger partial charge on any atom is 0.244 e. The van der Waals surface area contributed by atoms with Gasteiger partial charge in [-0.3, -0.25) is 4.79 Å². The van der Waals surface area contributed by atoms with Crippen LogP contribution >= 0.6 is 11.6 Å². The summed E-state index contributed by atoms with van der Waals surface area (Å²) in [4.78, 5) is 16.4. The number of amides is 1. The molecule has 1 heterocycles. The van der Waals surface area contributed by atoms with Crippen molar-refractivity contribution in [2.24, 2.45) is 0 Å². The van der Waals surface area contributed by atoms with Crippen LogP contribution in [0, 0.1) is 6.92 Å². The highest BCUT2D eigenvalue weighted by Gasteiger charge is 2.12. The van der Waals surface area contributed by atoms with Crippen LogP contribution < -0.4 is 5.32 Å². The first-order valence-electron chi connectivity index (χ1n) is 6.61. The van der Waals surface area contributed by atoms with Gasteiger partial charge in [-0.1, -0.05) is 24.3 Å². The van der Waals surface area contributed by atoms with E-state index >= 15 is 0 Å². The summed E-state index contributed by atoms with van der Waals surface area (Å²) >= 11 is 6.11. The molecule has 2 aromatic carbocycles. The Hall–Kier alpha value is -2.33. The Labute approximate surface area is 127 Å². The number of hydrogen-bond acceptors (Lipinski definition) is 2. The molecule has 3 rings (SSSR count). The molecule has 0 radical (unpaired) electrons. The first-order chi connectivity index (χ1) is 10.1. The fraction of sp³-hybridized carbons (Fsp3) is 0.125. The fourth-order valence-electron chi connectivity index (χ4n) is 2.26. The molecule has 0 unspecified atom stereocenters. The monoisotopic (exact) mass is 299 g/mol. The zero-order valence-electron chi connectivity index (χ0n) is 11.5. The highest BCUT2D eigenvalue weighted by Crippen LogP contribution is 2.19. The van der Waals surface area contributed by atoms with Crippen molar-refractivity contribution in [3.05, 3.63) is 59.4 Å². The molecule has 1 amide bonds. The molecule has 4 nitrogen and oxygen atoms in total. The number of aryl methyl sites for hydroxylation is 1. The van der Waals surface area contributed by atoms with Crippen LogP contribution in [0.15, 0.2) is 48.5 Å². The minimum Gasteiger partial charge on any atom is -0.325 e. The molecule has 0 aliphatic heterocycles. The van der Waals surface area contributed by atoms with E-state index in [1.165, 1.54) is 0 Å². The van der Waals surface area contributed by atoms with Gasteiger partial charge in [-0.2, -0.15) is 0 Å². The van der Waals surface area contributed by atoms with Crippen molar-refractivity contribution in [3.8, 4) is 0 Å². The van der Waals surface area contributed by atoms with Crippen molar-refractivity contribution in [1.29, 1.82) is 0 Å². The van der Waals surface area contributed by atoms with Crippen LogP contribution in [0.3, 0.4) is 0 Å². The molecule has 21 heavy (non-hydrogen) atoms.